The third kappa shape index (κ3) is 5.62. The maximum absolute atomic E-state index is 6.69. The Morgan fingerprint density at radius 2 is 0.949 bits per heavy atom. The standard InChI is InChI=1S/C56H35NOS/c1-3-15-45-38(10-1)12-8-18-46(45)42-14-7-13-40(34-42)36-22-28-43(29-23-36)57(51-19-9-20-52-55(51)49-32-26-39-11-2-4-16-47(39)56(49)58-52)44-30-24-37(25-31-44)41-27-33-54-50(35-41)48-17-5-6-21-53(48)59-54/h1-35H. The van der Waals surface area contributed by atoms with Crippen molar-refractivity contribution in [3.63, 3.8) is 0 Å². The maximum atomic E-state index is 6.69. The molecule has 12 aromatic rings. The van der Waals surface area contributed by atoms with Gasteiger partial charge in [0.2, 0.25) is 0 Å². The van der Waals surface area contributed by atoms with Gasteiger partial charge >= 0.3 is 0 Å². The highest BCUT2D eigenvalue weighted by atomic mass is 32.1. The summed E-state index contributed by atoms with van der Waals surface area (Å²) in [4.78, 5) is 2.38. The molecule has 2 aromatic heterocycles. The lowest BCUT2D eigenvalue weighted by molar-refractivity contribution is 0.672. The van der Waals surface area contributed by atoms with E-state index >= 15 is 0 Å². The number of hydrogen-bond acceptors (Lipinski definition) is 3. The third-order valence-corrected chi connectivity index (χ3v) is 13.0. The highest BCUT2D eigenvalue weighted by Gasteiger charge is 2.21. The predicted molar refractivity (Wildman–Crippen MR) is 253 cm³/mol. The molecule has 0 fully saturated rings. The van der Waals surface area contributed by atoms with Gasteiger partial charge in [-0.3, -0.25) is 0 Å². The molecule has 2 nitrogen and oxygen atoms in total. The molecule has 0 N–H and O–H groups in total. The number of fused-ring (bicyclic) bond motifs is 9. The van der Waals surface area contributed by atoms with Crippen LogP contribution in [0.2, 0.25) is 0 Å². The van der Waals surface area contributed by atoms with Crippen LogP contribution in [0.4, 0.5) is 17.1 Å². The van der Waals surface area contributed by atoms with Gasteiger partial charge < -0.3 is 9.32 Å². The van der Waals surface area contributed by atoms with Gasteiger partial charge in [-0.1, -0.05) is 146 Å². The summed E-state index contributed by atoms with van der Waals surface area (Å²) >= 11 is 1.85. The molecule has 12 rings (SSSR count). The van der Waals surface area contributed by atoms with Gasteiger partial charge in [-0.15, -0.1) is 11.3 Å². The van der Waals surface area contributed by atoms with Crippen LogP contribution in [0.3, 0.4) is 0 Å². The predicted octanol–water partition coefficient (Wildman–Crippen LogP) is 16.7. The summed E-state index contributed by atoms with van der Waals surface area (Å²) in [5.41, 5.74) is 12.2. The quantitative estimate of drug-likeness (QED) is 0.167. The van der Waals surface area contributed by atoms with Crippen LogP contribution < -0.4 is 4.90 Å². The van der Waals surface area contributed by atoms with Crippen LogP contribution in [0.15, 0.2) is 217 Å². The zero-order valence-electron chi connectivity index (χ0n) is 32.0. The minimum atomic E-state index is 0.869. The molecule has 0 unspecified atom stereocenters. The van der Waals surface area contributed by atoms with Crippen molar-refractivity contribution in [3.05, 3.63) is 212 Å². The minimum Gasteiger partial charge on any atom is -0.455 e. The third-order valence-electron chi connectivity index (χ3n) is 11.9. The van der Waals surface area contributed by atoms with E-state index in [1.807, 2.05) is 11.3 Å². The Kier molecular flexibility index (Phi) is 7.75. The van der Waals surface area contributed by atoms with Gasteiger partial charge in [0, 0.05) is 42.3 Å². The smallest absolute Gasteiger partial charge is 0.143 e. The number of thiophene rings is 1. The average Bonchev–Trinajstić information content (AvgIpc) is 3.88. The van der Waals surface area contributed by atoms with E-state index in [9.17, 15) is 0 Å². The Morgan fingerprint density at radius 3 is 1.75 bits per heavy atom. The first-order valence-corrected chi connectivity index (χ1v) is 20.9. The lowest BCUT2D eigenvalue weighted by Crippen LogP contribution is -2.10. The zero-order chi connectivity index (χ0) is 38.9. The molecule has 0 atom stereocenters. The van der Waals surface area contributed by atoms with Crippen LogP contribution in [-0.4, -0.2) is 0 Å². The molecule has 276 valence electrons. The van der Waals surface area contributed by atoms with Crippen molar-refractivity contribution < 1.29 is 4.42 Å². The van der Waals surface area contributed by atoms with Crippen LogP contribution in [0.25, 0.3) is 97.0 Å². The number of rotatable bonds is 6. The SMILES string of the molecule is c1cc(-c2ccc(N(c3ccc(-c4ccc5sc6ccccc6c5c4)cc3)c3cccc4oc5c6ccccc6ccc5c34)cc2)cc(-c2cccc3ccccc23)c1. The van der Waals surface area contributed by atoms with E-state index in [0.717, 1.165) is 44.4 Å². The van der Waals surface area contributed by atoms with E-state index in [2.05, 4.69) is 217 Å². The van der Waals surface area contributed by atoms with Gasteiger partial charge in [0.15, 0.2) is 0 Å². The molecule has 10 aromatic carbocycles. The van der Waals surface area contributed by atoms with Crippen molar-refractivity contribution in [1.82, 2.24) is 0 Å². The monoisotopic (exact) mass is 769 g/mol. The Morgan fingerprint density at radius 1 is 0.356 bits per heavy atom. The van der Waals surface area contributed by atoms with Gasteiger partial charge in [0.1, 0.15) is 11.2 Å². The molecule has 2 heterocycles. The molecule has 59 heavy (non-hydrogen) atoms. The summed E-state index contributed by atoms with van der Waals surface area (Å²) in [6.07, 6.45) is 0. The van der Waals surface area contributed by atoms with Crippen molar-refractivity contribution in [3.8, 4) is 33.4 Å². The van der Waals surface area contributed by atoms with E-state index in [1.165, 1.54) is 69.7 Å². The fraction of sp³-hybridized carbons (Fsp3) is 0. The fourth-order valence-electron chi connectivity index (χ4n) is 9.00. The second-order valence-electron chi connectivity index (χ2n) is 15.3. The minimum absolute atomic E-state index is 0.869. The topological polar surface area (TPSA) is 16.4 Å². The highest BCUT2D eigenvalue weighted by Crippen LogP contribution is 2.45. The fourth-order valence-corrected chi connectivity index (χ4v) is 10.1. The van der Waals surface area contributed by atoms with Crippen LogP contribution in [-0.2, 0) is 0 Å². The zero-order valence-corrected chi connectivity index (χ0v) is 32.8. The summed E-state index contributed by atoms with van der Waals surface area (Å²) < 4.78 is 9.33. The Bertz CT molecular complexity index is 3550. The summed E-state index contributed by atoms with van der Waals surface area (Å²) in [5.74, 6) is 0. The maximum Gasteiger partial charge on any atom is 0.143 e. The number of anilines is 3. The first kappa shape index (κ1) is 33.7. The van der Waals surface area contributed by atoms with Crippen molar-refractivity contribution in [2.45, 2.75) is 0 Å². The Hall–Kier alpha value is -7.46. The molecule has 0 spiro atoms. The Balaban J connectivity index is 0.983. The Labute approximate surface area is 345 Å². The summed E-state index contributed by atoms with van der Waals surface area (Å²) in [5, 5.41) is 9.62. The molecular weight excluding hydrogens is 735 g/mol. The molecule has 0 aliphatic rings. The average molecular weight is 770 g/mol. The first-order valence-electron chi connectivity index (χ1n) is 20.1. The molecule has 0 bridgehead atoms. The second-order valence-corrected chi connectivity index (χ2v) is 16.3. The molecule has 0 aliphatic carbocycles. The molecule has 0 aliphatic heterocycles. The largest absolute Gasteiger partial charge is 0.455 e. The van der Waals surface area contributed by atoms with Crippen molar-refractivity contribution in [1.29, 1.82) is 0 Å². The second kappa shape index (κ2) is 13.6. The molecule has 3 heteroatoms. The van der Waals surface area contributed by atoms with Gasteiger partial charge in [-0.05, 0) is 116 Å². The number of hydrogen-bond donors (Lipinski definition) is 0. The highest BCUT2D eigenvalue weighted by molar-refractivity contribution is 7.25. The molecule has 0 saturated heterocycles. The molecule has 0 amide bonds. The van der Waals surface area contributed by atoms with Gasteiger partial charge in [0.05, 0.1) is 11.1 Å². The number of furan rings is 1. The van der Waals surface area contributed by atoms with Gasteiger partial charge in [-0.25, -0.2) is 0 Å². The van der Waals surface area contributed by atoms with E-state index in [4.69, 9.17) is 4.42 Å². The number of benzene rings is 10. The van der Waals surface area contributed by atoms with Gasteiger partial charge in [0.25, 0.3) is 0 Å². The van der Waals surface area contributed by atoms with Crippen LogP contribution in [0.5, 0.6) is 0 Å². The van der Waals surface area contributed by atoms with Crippen molar-refractivity contribution in [2.24, 2.45) is 0 Å². The summed E-state index contributed by atoms with van der Waals surface area (Å²) in [6, 6.07) is 77.0. The normalized spacial score (nSPS) is 11.7. The van der Waals surface area contributed by atoms with E-state index in [-0.39, 0.29) is 0 Å². The van der Waals surface area contributed by atoms with Crippen LogP contribution in [0.1, 0.15) is 0 Å². The molecular formula is C56H35NOS. The summed E-state index contributed by atoms with van der Waals surface area (Å²) in [7, 11) is 0. The van der Waals surface area contributed by atoms with Crippen molar-refractivity contribution in [2.75, 3.05) is 4.90 Å². The summed E-state index contributed by atoms with van der Waals surface area (Å²) in [6.45, 7) is 0. The van der Waals surface area contributed by atoms with E-state index in [0.29, 0.717) is 0 Å². The number of nitrogens with zero attached hydrogens (tertiary/aromatic N) is 1. The molecule has 0 radical (unpaired) electrons. The molecule has 0 saturated carbocycles. The van der Waals surface area contributed by atoms with Gasteiger partial charge in [-0.2, -0.15) is 0 Å². The van der Waals surface area contributed by atoms with E-state index in [1.54, 1.807) is 0 Å². The van der Waals surface area contributed by atoms with Crippen molar-refractivity contribution >= 4 is 92.1 Å². The van der Waals surface area contributed by atoms with Crippen LogP contribution in [0, 0.1) is 0 Å². The lowest BCUT2D eigenvalue weighted by Gasteiger charge is -2.26. The lowest BCUT2D eigenvalue weighted by atomic mass is 9.95. The first-order chi connectivity index (χ1) is 29.2. The van der Waals surface area contributed by atoms with E-state index < -0.39 is 0 Å². The van der Waals surface area contributed by atoms with Crippen LogP contribution >= 0.6 is 11.3 Å².